The van der Waals surface area contributed by atoms with Gasteiger partial charge in [-0.05, 0) is 47.9 Å². The zero-order chi connectivity index (χ0) is 28.8. The van der Waals surface area contributed by atoms with Gasteiger partial charge in [0.2, 0.25) is 0 Å². The van der Waals surface area contributed by atoms with Gasteiger partial charge in [0, 0.05) is 41.1 Å². The minimum absolute atomic E-state index is 0.159. The lowest BCUT2D eigenvalue weighted by atomic mass is 9.79. The molecule has 3 rings (SSSR count). The molecule has 0 spiro atoms. The Kier molecular flexibility index (Phi) is 4.56. The van der Waals surface area contributed by atoms with Crippen molar-refractivity contribution in [1.82, 2.24) is 4.90 Å². The van der Waals surface area contributed by atoms with Crippen LogP contribution < -0.4 is 15.2 Å². The highest BCUT2D eigenvalue weighted by molar-refractivity contribution is 5.76. The molecular formula is C24H38N2O4. The fraction of sp³-hybridized carbons (Fsp3) is 0.708. The summed E-state index contributed by atoms with van der Waals surface area (Å²) in [5.41, 5.74) is 7.85. The lowest BCUT2D eigenvalue weighted by Gasteiger charge is -2.47. The fourth-order valence-corrected chi connectivity index (χ4v) is 4.69. The van der Waals surface area contributed by atoms with Crippen LogP contribution in [0.3, 0.4) is 0 Å². The van der Waals surface area contributed by atoms with E-state index in [0.29, 0.717) is 30.9 Å². The first kappa shape index (κ1) is 14.3. The number of piperidine rings is 1. The average molecular weight is 427 g/mol. The Hall–Kier alpha value is -1.79. The van der Waals surface area contributed by atoms with Gasteiger partial charge < -0.3 is 19.9 Å². The summed E-state index contributed by atoms with van der Waals surface area (Å²) in [6.07, 6.45) is 1.03. The molecule has 0 radical (unpaired) electrons. The normalized spacial score (nSPS) is 31.1. The van der Waals surface area contributed by atoms with E-state index in [0.717, 1.165) is 24.1 Å². The highest BCUT2D eigenvalue weighted by atomic mass is 16.5. The summed E-state index contributed by atoms with van der Waals surface area (Å²) in [4.78, 5) is 15.6. The number of carbonyl (C=O) groups excluding carboxylic acids is 1. The van der Waals surface area contributed by atoms with E-state index in [2.05, 4.69) is 4.90 Å². The minimum atomic E-state index is -3.60. The molecule has 0 bridgehead atoms. The van der Waals surface area contributed by atoms with Crippen LogP contribution in [-0.4, -0.2) is 50.3 Å². The Bertz CT molecular complexity index is 1010. The number of esters is 1. The minimum Gasteiger partial charge on any atom is -0.493 e. The van der Waals surface area contributed by atoms with E-state index in [-0.39, 0.29) is 17.9 Å². The van der Waals surface area contributed by atoms with Crippen LogP contribution in [0.25, 0.3) is 0 Å². The lowest BCUT2D eigenvalue weighted by molar-refractivity contribution is -0.160. The van der Waals surface area contributed by atoms with Crippen molar-refractivity contribution in [1.29, 1.82) is 0 Å². The summed E-state index contributed by atoms with van der Waals surface area (Å²) in [5.74, 6) is -3.87. The molecule has 0 aromatic heterocycles. The second-order valence-corrected chi connectivity index (χ2v) is 8.52. The van der Waals surface area contributed by atoms with Crippen molar-refractivity contribution in [2.45, 2.75) is 65.0 Å². The molecule has 2 heterocycles. The summed E-state index contributed by atoms with van der Waals surface area (Å²) in [6, 6.07) is 0.304. The van der Waals surface area contributed by atoms with Gasteiger partial charge in [-0.15, -0.1) is 0 Å². The van der Waals surface area contributed by atoms with Crippen LogP contribution in [0.2, 0.25) is 0 Å². The smallest absolute Gasteiger partial charge is 0.323 e. The van der Waals surface area contributed by atoms with Crippen LogP contribution in [-0.2, 0) is 16.0 Å². The van der Waals surface area contributed by atoms with E-state index in [9.17, 15) is 4.79 Å². The molecule has 1 saturated heterocycles. The van der Waals surface area contributed by atoms with Crippen LogP contribution in [0.4, 0.5) is 0 Å². The fourth-order valence-electron chi connectivity index (χ4n) is 4.69. The van der Waals surface area contributed by atoms with Crippen LogP contribution in [0.1, 0.15) is 68.5 Å². The zero-order valence-corrected chi connectivity index (χ0v) is 18.2. The first-order valence-electron chi connectivity index (χ1n) is 14.4. The van der Waals surface area contributed by atoms with Crippen molar-refractivity contribution in [3.8, 4) is 11.5 Å². The number of nitrogens with zero attached hydrogens (tertiary/aromatic N) is 1. The summed E-state index contributed by atoms with van der Waals surface area (Å²) in [6.45, 7) is -1.68. The van der Waals surface area contributed by atoms with Gasteiger partial charge in [0.15, 0.2) is 11.5 Å². The van der Waals surface area contributed by atoms with E-state index < -0.39 is 37.7 Å². The molecule has 2 N–H and O–H groups in total. The maximum Gasteiger partial charge on any atom is 0.323 e. The van der Waals surface area contributed by atoms with E-state index in [1.807, 2.05) is 26.0 Å². The molecule has 6 heteroatoms. The highest BCUT2D eigenvalue weighted by Gasteiger charge is 2.41. The summed E-state index contributed by atoms with van der Waals surface area (Å²) < 4.78 is 79.3. The van der Waals surface area contributed by atoms with Gasteiger partial charge in [-0.1, -0.05) is 27.6 Å². The van der Waals surface area contributed by atoms with Crippen molar-refractivity contribution < 1.29 is 30.0 Å². The SMILES string of the molecule is [2H]C([2H])([2H])C([2H])(C([2H])([2H])[2H])[C@]([2H])(N)C(=O)OC1CC2c3cc(OC)c(OC)cc3CCN2CC1CC(C)C. The van der Waals surface area contributed by atoms with Crippen LogP contribution in [0, 0.1) is 17.7 Å². The Balaban J connectivity index is 1.98. The number of hydrogen-bond donors (Lipinski definition) is 1. The Morgan fingerprint density at radius 1 is 1.30 bits per heavy atom. The van der Waals surface area contributed by atoms with Crippen molar-refractivity contribution in [2.24, 2.45) is 23.5 Å². The summed E-state index contributed by atoms with van der Waals surface area (Å²) >= 11 is 0. The average Bonchev–Trinajstić information content (AvgIpc) is 2.80. The van der Waals surface area contributed by atoms with E-state index in [4.69, 9.17) is 30.9 Å². The van der Waals surface area contributed by atoms with Gasteiger partial charge in [0.1, 0.15) is 12.1 Å². The maximum absolute atomic E-state index is 13.3. The quantitative estimate of drug-likeness (QED) is 0.672. The number of rotatable bonds is 7. The third kappa shape index (κ3) is 4.75. The van der Waals surface area contributed by atoms with Gasteiger partial charge in [-0.3, -0.25) is 9.69 Å². The third-order valence-corrected chi connectivity index (χ3v) is 6.09. The molecule has 4 atom stereocenters. The Morgan fingerprint density at radius 3 is 2.63 bits per heavy atom. The number of benzene rings is 1. The number of methoxy groups -OCH3 is 2. The number of nitrogens with two attached hydrogens (primary N) is 1. The molecule has 1 aromatic rings. The van der Waals surface area contributed by atoms with Gasteiger partial charge in [0.25, 0.3) is 0 Å². The molecule has 30 heavy (non-hydrogen) atoms. The molecule has 1 fully saturated rings. The highest BCUT2D eigenvalue weighted by Crippen LogP contribution is 2.44. The van der Waals surface area contributed by atoms with Crippen molar-refractivity contribution in [3.63, 3.8) is 0 Å². The molecule has 0 saturated carbocycles. The van der Waals surface area contributed by atoms with Crippen LogP contribution in [0.15, 0.2) is 12.1 Å². The predicted octanol–water partition coefficient (Wildman–Crippen LogP) is 3.56. The summed E-state index contributed by atoms with van der Waals surface area (Å²) in [7, 11) is 3.11. The monoisotopic (exact) mass is 426 g/mol. The third-order valence-electron chi connectivity index (χ3n) is 6.09. The van der Waals surface area contributed by atoms with Gasteiger partial charge in [-0.25, -0.2) is 0 Å². The molecular weight excluding hydrogens is 380 g/mol. The topological polar surface area (TPSA) is 74.0 Å². The molecule has 1 aromatic carbocycles. The van der Waals surface area contributed by atoms with Gasteiger partial charge >= 0.3 is 5.97 Å². The van der Waals surface area contributed by atoms with Gasteiger partial charge in [-0.2, -0.15) is 0 Å². The summed E-state index contributed by atoms with van der Waals surface area (Å²) in [5, 5.41) is 0. The number of ether oxygens (including phenoxy) is 3. The van der Waals surface area contributed by atoms with Crippen molar-refractivity contribution in [3.05, 3.63) is 23.3 Å². The lowest BCUT2D eigenvalue weighted by Crippen LogP contribution is -2.51. The first-order valence-corrected chi connectivity index (χ1v) is 10.4. The number of hydrogen-bond acceptors (Lipinski definition) is 6. The number of carbonyl (C=O) groups is 1. The Morgan fingerprint density at radius 2 is 2.00 bits per heavy atom. The van der Waals surface area contributed by atoms with Crippen molar-refractivity contribution >= 4 is 5.97 Å². The number of fused-ring (bicyclic) bond motifs is 3. The van der Waals surface area contributed by atoms with E-state index in [1.54, 1.807) is 14.2 Å². The largest absolute Gasteiger partial charge is 0.493 e. The zero-order valence-electron chi connectivity index (χ0n) is 26.2. The molecule has 168 valence electrons. The molecule has 6 nitrogen and oxygen atoms in total. The second kappa shape index (κ2) is 9.56. The van der Waals surface area contributed by atoms with Gasteiger partial charge in [0.05, 0.1) is 15.6 Å². The first-order chi connectivity index (χ1) is 17.4. The Labute approximate surface area is 192 Å². The standard InChI is InChI=1S/C24H38N2O4/c1-14(2)9-17-13-26-8-7-16-10-21(28-5)22(29-6)11-18(16)19(26)12-20(17)30-24(27)23(25)15(3)4/h10-11,14-15,17,19-20,23H,7-9,12-13,25H2,1-6H3/t17?,19?,20?,23-/m0/s1/i3D3,4D3,15D,23D. The maximum atomic E-state index is 13.3. The molecule has 2 aliphatic heterocycles. The molecule has 0 aliphatic carbocycles. The van der Waals surface area contributed by atoms with Crippen LogP contribution in [0.5, 0.6) is 11.5 Å². The second-order valence-electron chi connectivity index (χ2n) is 8.52. The van der Waals surface area contributed by atoms with E-state index >= 15 is 0 Å². The van der Waals surface area contributed by atoms with E-state index in [1.165, 1.54) is 0 Å². The molecule has 2 aliphatic rings. The molecule has 0 amide bonds. The van der Waals surface area contributed by atoms with Crippen molar-refractivity contribution in [2.75, 3.05) is 27.3 Å². The predicted molar refractivity (Wildman–Crippen MR) is 118 cm³/mol. The molecule has 3 unspecified atom stereocenters. The van der Waals surface area contributed by atoms with Crippen LogP contribution >= 0.6 is 0 Å².